The second-order valence-electron chi connectivity index (χ2n) is 9.33. The third-order valence-corrected chi connectivity index (χ3v) is 6.64. The third-order valence-electron chi connectivity index (χ3n) is 6.41. The van der Waals surface area contributed by atoms with Gasteiger partial charge in [-0.3, -0.25) is 14.9 Å². The van der Waals surface area contributed by atoms with E-state index in [4.69, 9.17) is 11.6 Å². The Hall–Kier alpha value is -5.82. The van der Waals surface area contributed by atoms with Crippen LogP contribution in [0.25, 0.3) is 22.9 Å². The summed E-state index contributed by atoms with van der Waals surface area (Å²) in [5, 5.41) is 27.3. The van der Waals surface area contributed by atoms with E-state index in [1.807, 2.05) is 30.3 Å². The van der Waals surface area contributed by atoms with Crippen molar-refractivity contribution in [3.8, 4) is 16.8 Å². The predicted octanol–water partition coefficient (Wildman–Crippen LogP) is 4.23. The number of tetrazole rings is 1. The molecule has 2 amide bonds. The van der Waals surface area contributed by atoms with Crippen LogP contribution in [-0.4, -0.2) is 56.1 Å². The quantitative estimate of drug-likeness (QED) is 0.169. The Labute approximate surface area is 255 Å². The SMILES string of the molecule is COC(=O)Nc1ccc(-c2cc(C(CNc3ccccc3)NC(=O)C=Cc3cc(Cl)ccc3-n3cnnn3)n[nH]c2=O)cc1. The van der Waals surface area contributed by atoms with Crippen molar-refractivity contribution < 1.29 is 14.3 Å². The Morgan fingerprint density at radius 3 is 2.57 bits per heavy atom. The van der Waals surface area contributed by atoms with Crippen molar-refractivity contribution >= 4 is 41.1 Å². The summed E-state index contributed by atoms with van der Waals surface area (Å²) >= 11 is 6.21. The molecule has 13 nitrogen and oxygen atoms in total. The van der Waals surface area contributed by atoms with E-state index in [0.717, 1.165) is 5.69 Å². The van der Waals surface area contributed by atoms with E-state index in [1.54, 1.807) is 54.6 Å². The lowest BCUT2D eigenvalue weighted by Crippen LogP contribution is -2.33. The minimum atomic E-state index is -0.651. The molecule has 0 fully saturated rings. The summed E-state index contributed by atoms with van der Waals surface area (Å²) in [6.07, 6.45) is 3.81. The van der Waals surface area contributed by atoms with Crippen LogP contribution in [0.15, 0.2) is 96.1 Å². The number of hydrogen-bond acceptors (Lipinski definition) is 9. The number of halogens is 1. The molecule has 5 aromatic rings. The van der Waals surface area contributed by atoms with Crippen LogP contribution in [0.3, 0.4) is 0 Å². The van der Waals surface area contributed by atoms with Crippen molar-refractivity contribution in [3.05, 3.63) is 118 Å². The van der Waals surface area contributed by atoms with Gasteiger partial charge in [-0.2, -0.15) is 9.78 Å². The van der Waals surface area contributed by atoms with E-state index < -0.39 is 23.6 Å². The number of amides is 2. The first-order valence-corrected chi connectivity index (χ1v) is 13.6. The molecule has 1 unspecified atom stereocenters. The molecule has 0 saturated heterocycles. The first-order valence-electron chi connectivity index (χ1n) is 13.2. The van der Waals surface area contributed by atoms with Crippen molar-refractivity contribution in [1.82, 2.24) is 35.7 Å². The Bertz CT molecular complexity index is 1830. The summed E-state index contributed by atoms with van der Waals surface area (Å²) in [5.74, 6) is -0.416. The lowest BCUT2D eigenvalue weighted by Gasteiger charge is -2.19. The zero-order chi connectivity index (χ0) is 30.9. The summed E-state index contributed by atoms with van der Waals surface area (Å²) < 4.78 is 6.08. The fourth-order valence-corrected chi connectivity index (χ4v) is 4.43. The summed E-state index contributed by atoms with van der Waals surface area (Å²) in [5.41, 5.74) is 3.50. The Balaban J connectivity index is 1.41. The Kier molecular flexibility index (Phi) is 9.37. The number of benzene rings is 3. The number of methoxy groups -OCH3 is 1. The fraction of sp³-hybridized carbons (Fsp3) is 0.100. The molecule has 14 heteroatoms. The maximum absolute atomic E-state index is 13.2. The lowest BCUT2D eigenvalue weighted by molar-refractivity contribution is -0.117. The van der Waals surface area contributed by atoms with Gasteiger partial charge in [-0.05, 0) is 70.6 Å². The third kappa shape index (κ3) is 7.52. The highest BCUT2D eigenvalue weighted by Gasteiger charge is 2.18. The van der Waals surface area contributed by atoms with E-state index >= 15 is 0 Å². The molecular weight excluding hydrogens is 586 g/mol. The van der Waals surface area contributed by atoms with E-state index in [1.165, 1.54) is 24.2 Å². The van der Waals surface area contributed by atoms with Gasteiger partial charge in [0.15, 0.2) is 0 Å². The maximum Gasteiger partial charge on any atom is 0.411 e. The smallest absolute Gasteiger partial charge is 0.411 e. The van der Waals surface area contributed by atoms with Gasteiger partial charge in [-0.1, -0.05) is 41.9 Å². The van der Waals surface area contributed by atoms with Crippen LogP contribution in [0.5, 0.6) is 0 Å². The minimum Gasteiger partial charge on any atom is -0.453 e. The molecule has 0 aliphatic heterocycles. The Morgan fingerprint density at radius 1 is 1.05 bits per heavy atom. The highest BCUT2D eigenvalue weighted by Crippen LogP contribution is 2.23. The minimum absolute atomic E-state index is 0.261. The van der Waals surface area contributed by atoms with Gasteiger partial charge in [0.05, 0.1) is 30.1 Å². The van der Waals surface area contributed by atoms with Crippen LogP contribution in [0.2, 0.25) is 5.02 Å². The number of nitrogens with one attached hydrogen (secondary N) is 4. The number of aromatic nitrogens is 6. The molecule has 0 spiro atoms. The highest BCUT2D eigenvalue weighted by atomic mass is 35.5. The number of carbonyl (C=O) groups is 2. The van der Waals surface area contributed by atoms with Crippen LogP contribution < -0.4 is 21.5 Å². The standard InChI is InChI=1S/C30H26ClN9O4/c1-44-30(43)34-23-11-7-19(8-12-23)24-16-25(36-37-29(24)42)26(17-32-22-5-3-2-4-6-22)35-28(41)14-9-20-15-21(31)10-13-27(20)40-18-33-38-39-40/h2-16,18,26,32H,17H2,1H3,(H,34,43)(H,35,41)(H,37,42). The molecule has 0 bridgehead atoms. The van der Waals surface area contributed by atoms with Gasteiger partial charge in [0.1, 0.15) is 6.33 Å². The molecule has 0 radical (unpaired) electrons. The number of nitrogens with zero attached hydrogens (tertiary/aromatic N) is 5. The molecule has 2 heterocycles. The van der Waals surface area contributed by atoms with Crippen LogP contribution in [0.1, 0.15) is 17.3 Å². The maximum atomic E-state index is 13.2. The van der Waals surface area contributed by atoms with Crippen molar-refractivity contribution in [3.63, 3.8) is 0 Å². The van der Waals surface area contributed by atoms with Crippen LogP contribution in [0, 0.1) is 0 Å². The molecule has 4 N–H and O–H groups in total. The second-order valence-corrected chi connectivity index (χ2v) is 9.76. The van der Waals surface area contributed by atoms with Crippen LogP contribution in [0.4, 0.5) is 16.2 Å². The predicted molar refractivity (Wildman–Crippen MR) is 165 cm³/mol. The lowest BCUT2D eigenvalue weighted by atomic mass is 10.0. The second kappa shape index (κ2) is 13.9. The Morgan fingerprint density at radius 2 is 1.84 bits per heavy atom. The molecule has 0 aliphatic carbocycles. The molecule has 0 aliphatic rings. The van der Waals surface area contributed by atoms with Gasteiger partial charge in [0.25, 0.3) is 5.56 Å². The van der Waals surface area contributed by atoms with E-state index in [0.29, 0.717) is 38.8 Å². The largest absolute Gasteiger partial charge is 0.453 e. The molecule has 3 aromatic carbocycles. The monoisotopic (exact) mass is 611 g/mol. The summed E-state index contributed by atoms with van der Waals surface area (Å²) in [7, 11) is 1.27. The van der Waals surface area contributed by atoms with Gasteiger partial charge in [0.2, 0.25) is 5.91 Å². The number of rotatable bonds is 10. The number of anilines is 2. The number of aromatic amines is 1. The summed E-state index contributed by atoms with van der Waals surface area (Å²) in [4.78, 5) is 37.5. The van der Waals surface area contributed by atoms with E-state index in [-0.39, 0.29) is 6.54 Å². The van der Waals surface area contributed by atoms with E-state index in [2.05, 4.69) is 46.4 Å². The van der Waals surface area contributed by atoms with Crippen molar-refractivity contribution in [2.24, 2.45) is 0 Å². The topological polar surface area (TPSA) is 169 Å². The number of carbonyl (C=O) groups excluding carboxylic acids is 2. The average molecular weight is 612 g/mol. The normalized spacial score (nSPS) is 11.6. The van der Waals surface area contributed by atoms with Crippen molar-refractivity contribution in [2.75, 3.05) is 24.3 Å². The molecular formula is C30H26ClN9O4. The molecule has 222 valence electrons. The first kappa shape index (κ1) is 29.7. The number of H-pyrrole nitrogens is 1. The summed E-state index contributed by atoms with van der Waals surface area (Å²) in [6.45, 7) is 0.261. The fourth-order valence-electron chi connectivity index (χ4n) is 4.25. The zero-order valence-corrected chi connectivity index (χ0v) is 24.0. The molecule has 5 rings (SSSR count). The summed E-state index contributed by atoms with van der Waals surface area (Å²) in [6, 6.07) is 22.2. The van der Waals surface area contributed by atoms with E-state index in [9.17, 15) is 14.4 Å². The highest BCUT2D eigenvalue weighted by molar-refractivity contribution is 6.30. The molecule has 0 saturated carbocycles. The van der Waals surface area contributed by atoms with Gasteiger partial charge < -0.3 is 15.4 Å². The van der Waals surface area contributed by atoms with Crippen LogP contribution >= 0.6 is 11.6 Å². The molecule has 2 aromatic heterocycles. The van der Waals surface area contributed by atoms with Gasteiger partial charge in [-0.25, -0.2) is 9.89 Å². The van der Waals surface area contributed by atoms with Crippen molar-refractivity contribution in [2.45, 2.75) is 6.04 Å². The van der Waals surface area contributed by atoms with Gasteiger partial charge >= 0.3 is 6.09 Å². The number of hydrogen-bond donors (Lipinski definition) is 4. The molecule has 1 atom stereocenters. The number of ether oxygens (including phenoxy) is 1. The number of para-hydroxylation sites is 1. The zero-order valence-electron chi connectivity index (χ0n) is 23.3. The van der Waals surface area contributed by atoms with Crippen molar-refractivity contribution in [1.29, 1.82) is 0 Å². The van der Waals surface area contributed by atoms with Gasteiger partial charge in [-0.15, -0.1) is 5.10 Å². The average Bonchev–Trinajstić information content (AvgIpc) is 3.58. The molecule has 44 heavy (non-hydrogen) atoms. The van der Waals surface area contributed by atoms with Crippen LogP contribution in [-0.2, 0) is 9.53 Å². The van der Waals surface area contributed by atoms with Gasteiger partial charge in [0, 0.05) is 34.6 Å². The first-order chi connectivity index (χ1) is 21.4.